The number of carbonyl (C=O) groups excluding carboxylic acids is 1. The van der Waals surface area contributed by atoms with Crippen molar-refractivity contribution in [2.75, 3.05) is 6.61 Å². The molecule has 7 heteroatoms. The van der Waals surface area contributed by atoms with E-state index in [9.17, 15) is 4.79 Å². The molecule has 1 aromatic heterocycles. The lowest BCUT2D eigenvalue weighted by Crippen LogP contribution is -2.40. The number of aromatic nitrogens is 4. The van der Waals surface area contributed by atoms with Crippen molar-refractivity contribution in [3.05, 3.63) is 35.7 Å². The van der Waals surface area contributed by atoms with Gasteiger partial charge in [-0.25, -0.2) is 4.68 Å². The highest BCUT2D eigenvalue weighted by Gasteiger charge is 2.24. The molecule has 0 radical (unpaired) electrons. The van der Waals surface area contributed by atoms with Crippen LogP contribution >= 0.6 is 0 Å². The van der Waals surface area contributed by atoms with Crippen LogP contribution in [0.1, 0.15) is 35.7 Å². The summed E-state index contributed by atoms with van der Waals surface area (Å²) in [5.74, 6) is -0.0886. The SMILES string of the molecule is Cc1cc(C(=O)N[C@@H](C)[C@H]2CCCO2)ccc1-n1cnnn1. The van der Waals surface area contributed by atoms with E-state index in [-0.39, 0.29) is 18.1 Å². The Kier molecular flexibility index (Phi) is 4.15. The molecule has 1 aromatic carbocycles. The van der Waals surface area contributed by atoms with Crippen LogP contribution in [0, 0.1) is 6.92 Å². The summed E-state index contributed by atoms with van der Waals surface area (Å²) >= 11 is 0. The van der Waals surface area contributed by atoms with Crippen molar-refractivity contribution >= 4 is 5.91 Å². The minimum Gasteiger partial charge on any atom is -0.376 e. The predicted molar refractivity (Wildman–Crippen MR) is 79.8 cm³/mol. The number of rotatable bonds is 4. The maximum atomic E-state index is 12.3. The molecule has 2 aromatic rings. The van der Waals surface area contributed by atoms with Gasteiger partial charge in [0.25, 0.3) is 5.91 Å². The standard InChI is InChI=1S/C15H19N5O2/c1-10-8-12(5-6-13(10)20-9-16-18-19-20)15(21)17-11(2)14-4-3-7-22-14/h5-6,8-9,11,14H,3-4,7H2,1-2H3,(H,17,21)/t11-,14+/m0/s1. The second-order valence-corrected chi connectivity index (χ2v) is 5.57. The van der Waals surface area contributed by atoms with Crippen molar-refractivity contribution in [1.82, 2.24) is 25.5 Å². The van der Waals surface area contributed by atoms with Gasteiger partial charge in [-0.2, -0.15) is 0 Å². The lowest BCUT2D eigenvalue weighted by molar-refractivity contribution is 0.0712. The molecular weight excluding hydrogens is 282 g/mol. The molecule has 1 aliphatic heterocycles. The van der Waals surface area contributed by atoms with Crippen molar-refractivity contribution < 1.29 is 9.53 Å². The number of ether oxygens (including phenoxy) is 1. The molecule has 0 spiro atoms. The van der Waals surface area contributed by atoms with Gasteiger partial charge in [-0.15, -0.1) is 5.10 Å². The molecule has 22 heavy (non-hydrogen) atoms. The van der Waals surface area contributed by atoms with Crippen LogP contribution in [0.3, 0.4) is 0 Å². The Morgan fingerprint density at radius 3 is 3.00 bits per heavy atom. The van der Waals surface area contributed by atoms with E-state index >= 15 is 0 Å². The first-order valence-corrected chi connectivity index (χ1v) is 7.41. The number of hydrogen-bond acceptors (Lipinski definition) is 5. The maximum absolute atomic E-state index is 12.3. The lowest BCUT2D eigenvalue weighted by Gasteiger charge is -2.20. The average Bonchev–Trinajstić information content (AvgIpc) is 3.20. The highest BCUT2D eigenvalue weighted by atomic mass is 16.5. The van der Waals surface area contributed by atoms with Crippen LogP contribution in [0.5, 0.6) is 0 Å². The first-order chi connectivity index (χ1) is 10.6. The summed E-state index contributed by atoms with van der Waals surface area (Å²) < 4.78 is 7.18. The third-order valence-electron chi connectivity index (χ3n) is 3.94. The molecule has 116 valence electrons. The monoisotopic (exact) mass is 301 g/mol. The van der Waals surface area contributed by atoms with Crippen LogP contribution < -0.4 is 5.32 Å². The highest BCUT2D eigenvalue weighted by molar-refractivity contribution is 5.94. The van der Waals surface area contributed by atoms with Gasteiger partial charge >= 0.3 is 0 Å². The minimum absolute atomic E-state index is 0.00879. The van der Waals surface area contributed by atoms with E-state index in [1.54, 1.807) is 10.7 Å². The Labute approximate surface area is 128 Å². The first kappa shape index (κ1) is 14.6. The summed E-state index contributed by atoms with van der Waals surface area (Å²) in [6, 6.07) is 5.47. The van der Waals surface area contributed by atoms with Crippen molar-refractivity contribution in [3.8, 4) is 5.69 Å². The second kappa shape index (κ2) is 6.23. The Morgan fingerprint density at radius 1 is 1.50 bits per heavy atom. The van der Waals surface area contributed by atoms with Gasteiger partial charge in [-0.1, -0.05) is 0 Å². The second-order valence-electron chi connectivity index (χ2n) is 5.57. The van der Waals surface area contributed by atoms with Crippen LogP contribution in [0.2, 0.25) is 0 Å². The van der Waals surface area contributed by atoms with Crippen molar-refractivity contribution in [3.63, 3.8) is 0 Å². The number of nitrogens with one attached hydrogen (secondary N) is 1. The van der Waals surface area contributed by atoms with E-state index < -0.39 is 0 Å². The minimum atomic E-state index is -0.0886. The van der Waals surface area contributed by atoms with Gasteiger partial charge in [0.2, 0.25) is 0 Å². The summed E-state index contributed by atoms with van der Waals surface area (Å²) in [7, 11) is 0. The molecule has 3 rings (SSSR count). The zero-order chi connectivity index (χ0) is 15.5. The Hall–Kier alpha value is -2.28. The van der Waals surface area contributed by atoms with E-state index in [1.165, 1.54) is 6.33 Å². The largest absolute Gasteiger partial charge is 0.376 e. The van der Waals surface area contributed by atoms with Gasteiger partial charge in [0.15, 0.2) is 0 Å². The zero-order valence-electron chi connectivity index (χ0n) is 12.7. The molecule has 2 heterocycles. The Balaban J connectivity index is 1.71. The topological polar surface area (TPSA) is 81.9 Å². The van der Waals surface area contributed by atoms with Crippen LogP contribution in [0.15, 0.2) is 24.5 Å². The summed E-state index contributed by atoms with van der Waals surface area (Å²) in [6.07, 6.45) is 3.70. The van der Waals surface area contributed by atoms with Gasteiger partial charge in [0, 0.05) is 12.2 Å². The molecule has 0 saturated carbocycles. The quantitative estimate of drug-likeness (QED) is 0.919. The predicted octanol–water partition coefficient (Wildman–Crippen LogP) is 1.27. The summed E-state index contributed by atoms with van der Waals surface area (Å²) in [4.78, 5) is 12.3. The molecule has 7 nitrogen and oxygen atoms in total. The van der Waals surface area contributed by atoms with Gasteiger partial charge in [-0.05, 0) is 60.9 Å². The fourth-order valence-electron chi connectivity index (χ4n) is 2.71. The molecular formula is C15H19N5O2. The molecule has 1 fully saturated rings. The van der Waals surface area contributed by atoms with E-state index in [4.69, 9.17) is 4.74 Å². The summed E-state index contributed by atoms with van der Waals surface area (Å²) in [6.45, 7) is 4.69. The number of carbonyl (C=O) groups is 1. The fraction of sp³-hybridized carbons (Fsp3) is 0.467. The summed E-state index contributed by atoms with van der Waals surface area (Å²) in [5.41, 5.74) is 2.41. The molecule has 2 atom stereocenters. The molecule has 1 aliphatic rings. The number of hydrogen-bond donors (Lipinski definition) is 1. The third-order valence-corrected chi connectivity index (χ3v) is 3.94. The van der Waals surface area contributed by atoms with Crippen LogP contribution in [0.4, 0.5) is 0 Å². The van der Waals surface area contributed by atoms with Crippen molar-refractivity contribution in [1.29, 1.82) is 0 Å². The maximum Gasteiger partial charge on any atom is 0.251 e. The summed E-state index contributed by atoms with van der Waals surface area (Å²) in [5, 5.41) is 14.1. The highest BCUT2D eigenvalue weighted by Crippen LogP contribution is 2.17. The number of amides is 1. The zero-order valence-corrected chi connectivity index (χ0v) is 12.7. The molecule has 0 aliphatic carbocycles. The van der Waals surface area contributed by atoms with Gasteiger partial charge < -0.3 is 10.1 Å². The van der Waals surface area contributed by atoms with E-state index in [0.29, 0.717) is 5.56 Å². The van der Waals surface area contributed by atoms with Crippen LogP contribution in [0.25, 0.3) is 5.69 Å². The lowest BCUT2D eigenvalue weighted by atomic mass is 10.1. The van der Waals surface area contributed by atoms with Gasteiger partial charge in [-0.3, -0.25) is 4.79 Å². The van der Waals surface area contributed by atoms with Crippen molar-refractivity contribution in [2.45, 2.75) is 38.8 Å². The van der Waals surface area contributed by atoms with Gasteiger partial charge in [0.05, 0.1) is 17.8 Å². The average molecular weight is 301 g/mol. The van der Waals surface area contributed by atoms with E-state index in [0.717, 1.165) is 30.7 Å². The van der Waals surface area contributed by atoms with Crippen molar-refractivity contribution in [2.24, 2.45) is 0 Å². The Bertz CT molecular complexity index is 650. The smallest absolute Gasteiger partial charge is 0.251 e. The third kappa shape index (κ3) is 2.99. The fourth-order valence-corrected chi connectivity index (χ4v) is 2.71. The number of benzene rings is 1. The molecule has 1 amide bonds. The first-order valence-electron chi connectivity index (χ1n) is 7.41. The Morgan fingerprint density at radius 2 is 2.36 bits per heavy atom. The van der Waals surface area contributed by atoms with E-state index in [1.807, 2.05) is 26.0 Å². The number of tetrazole rings is 1. The number of nitrogens with zero attached hydrogens (tertiary/aromatic N) is 4. The molecule has 1 saturated heterocycles. The molecule has 0 bridgehead atoms. The van der Waals surface area contributed by atoms with E-state index in [2.05, 4.69) is 20.8 Å². The van der Waals surface area contributed by atoms with Crippen LogP contribution in [-0.2, 0) is 4.74 Å². The number of aryl methyl sites for hydroxylation is 1. The van der Waals surface area contributed by atoms with Gasteiger partial charge in [0.1, 0.15) is 6.33 Å². The normalized spacial score (nSPS) is 19.1. The molecule has 0 unspecified atom stereocenters. The molecule has 1 N–H and O–H groups in total. The van der Waals surface area contributed by atoms with Crippen LogP contribution in [-0.4, -0.2) is 44.9 Å².